The molecular formula is C13H7Br2Cl2F. The van der Waals surface area contributed by atoms with Gasteiger partial charge in [-0.1, -0.05) is 39.7 Å². The number of hydrogen-bond acceptors (Lipinski definition) is 0. The van der Waals surface area contributed by atoms with E-state index in [4.69, 9.17) is 23.2 Å². The van der Waals surface area contributed by atoms with Crippen LogP contribution in [0.25, 0.3) is 0 Å². The van der Waals surface area contributed by atoms with Crippen LogP contribution < -0.4 is 0 Å². The van der Waals surface area contributed by atoms with Crippen LogP contribution in [-0.2, 0) is 0 Å². The topological polar surface area (TPSA) is 0 Å². The van der Waals surface area contributed by atoms with Gasteiger partial charge in [0, 0.05) is 14.5 Å². The molecule has 0 nitrogen and oxygen atoms in total. The summed E-state index contributed by atoms with van der Waals surface area (Å²) < 4.78 is 15.3. The third kappa shape index (κ3) is 3.08. The van der Waals surface area contributed by atoms with Gasteiger partial charge in [-0.2, -0.15) is 0 Å². The summed E-state index contributed by atoms with van der Waals surface area (Å²) in [6.07, 6.45) is 0. The average molecular weight is 413 g/mol. The van der Waals surface area contributed by atoms with Gasteiger partial charge >= 0.3 is 0 Å². The van der Waals surface area contributed by atoms with E-state index in [1.807, 2.05) is 24.3 Å². The molecule has 5 heteroatoms. The Bertz CT molecular complexity index is 587. The lowest BCUT2D eigenvalue weighted by atomic mass is 10.0. The molecule has 1 atom stereocenters. The Kier molecular flexibility index (Phi) is 4.70. The van der Waals surface area contributed by atoms with Crippen LogP contribution in [-0.4, -0.2) is 0 Å². The van der Waals surface area contributed by atoms with Crippen molar-refractivity contribution in [3.8, 4) is 0 Å². The minimum Gasteiger partial charge on any atom is -0.207 e. The summed E-state index contributed by atoms with van der Waals surface area (Å²) in [6, 6.07) is 10.3. The van der Waals surface area contributed by atoms with E-state index in [1.165, 1.54) is 6.07 Å². The van der Waals surface area contributed by atoms with E-state index >= 15 is 0 Å². The molecule has 2 aromatic carbocycles. The number of benzene rings is 2. The van der Waals surface area contributed by atoms with Crippen LogP contribution in [0.3, 0.4) is 0 Å². The quantitative estimate of drug-likeness (QED) is 0.399. The van der Waals surface area contributed by atoms with Crippen molar-refractivity contribution in [2.24, 2.45) is 0 Å². The molecule has 0 aromatic heterocycles. The predicted molar refractivity (Wildman–Crippen MR) is 80.9 cm³/mol. The molecule has 0 N–H and O–H groups in total. The first-order valence-corrected chi connectivity index (χ1v) is 7.43. The van der Waals surface area contributed by atoms with Crippen LogP contribution in [0.1, 0.15) is 16.5 Å². The lowest BCUT2D eigenvalue weighted by Crippen LogP contribution is -1.97. The molecule has 0 radical (unpaired) electrons. The minimum atomic E-state index is -0.576. The number of hydrogen-bond donors (Lipinski definition) is 0. The molecule has 0 amide bonds. The Balaban J connectivity index is 2.46. The lowest BCUT2D eigenvalue weighted by Gasteiger charge is -2.13. The van der Waals surface area contributed by atoms with E-state index in [0.717, 1.165) is 10.0 Å². The second-order valence-corrected chi connectivity index (χ2v) is 6.32. The van der Waals surface area contributed by atoms with E-state index < -0.39 is 5.38 Å². The summed E-state index contributed by atoms with van der Waals surface area (Å²) in [5.41, 5.74) is 1.17. The fourth-order valence-electron chi connectivity index (χ4n) is 1.58. The van der Waals surface area contributed by atoms with Gasteiger partial charge < -0.3 is 0 Å². The molecule has 0 heterocycles. The maximum absolute atomic E-state index is 13.9. The zero-order chi connectivity index (χ0) is 13.3. The zero-order valence-corrected chi connectivity index (χ0v) is 13.6. The van der Waals surface area contributed by atoms with E-state index in [1.54, 1.807) is 6.07 Å². The third-order valence-corrected chi connectivity index (χ3v) is 4.63. The number of halogens is 5. The molecule has 0 saturated carbocycles. The highest BCUT2D eigenvalue weighted by atomic mass is 79.9. The van der Waals surface area contributed by atoms with Gasteiger partial charge in [0.15, 0.2) is 0 Å². The molecule has 18 heavy (non-hydrogen) atoms. The maximum atomic E-state index is 13.9. The Morgan fingerprint density at radius 3 is 2.50 bits per heavy atom. The molecule has 2 aromatic rings. The molecule has 0 aliphatic carbocycles. The van der Waals surface area contributed by atoms with Crippen LogP contribution >= 0.6 is 55.1 Å². The first-order chi connectivity index (χ1) is 8.49. The van der Waals surface area contributed by atoms with Crippen molar-refractivity contribution in [1.82, 2.24) is 0 Å². The zero-order valence-electron chi connectivity index (χ0n) is 8.93. The van der Waals surface area contributed by atoms with Crippen molar-refractivity contribution in [3.63, 3.8) is 0 Å². The maximum Gasteiger partial charge on any atom is 0.129 e. The third-order valence-electron chi connectivity index (χ3n) is 2.45. The molecule has 0 saturated heterocycles. The van der Waals surface area contributed by atoms with Crippen molar-refractivity contribution in [3.05, 3.63) is 67.3 Å². The average Bonchev–Trinajstić information content (AvgIpc) is 2.33. The van der Waals surface area contributed by atoms with E-state index in [2.05, 4.69) is 31.9 Å². The van der Waals surface area contributed by atoms with Crippen molar-refractivity contribution >= 4 is 55.1 Å². The molecule has 0 aliphatic heterocycles. The molecular weight excluding hydrogens is 406 g/mol. The van der Waals surface area contributed by atoms with Gasteiger partial charge in [-0.15, -0.1) is 11.6 Å². The second-order valence-electron chi connectivity index (χ2n) is 3.71. The van der Waals surface area contributed by atoms with Crippen LogP contribution in [0.4, 0.5) is 4.39 Å². The lowest BCUT2D eigenvalue weighted by molar-refractivity contribution is 0.611. The van der Waals surface area contributed by atoms with Gasteiger partial charge in [-0.25, -0.2) is 4.39 Å². The molecule has 0 fully saturated rings. The highest BCUT2D eigenvalue weighted by molar-refractivity contribution is 9.10. The van der Waals surface area contributed by atoms with Crippen molar-refractivity contribution in [2.45, 2.75) is 5.38 Å². The summed E-state index contributed by atoms with van der Waals surface area (Å²) >= 11 is 18.8. The Morgan fingerprint density at radius 1 is 1.11 bits per heavy atom. The van der Waals surface area contributed by atoms with Gasteiger partial charge in [0.1, 0.15) is 5.82 Å². The van der Waals surface area contributed by atoms with E-state index in [-0.39, 0.29) is 5.82 Å². The fourth-order valence-corrected chi connectivity index (χ4v) is 2.78. The highest BCUT2D eigenvalue weighted by Gasteiger charge is 2.17. The summed E-state index contributed by atoms with van der Waals surface area (Å²) in [4.78, 5) is 0. The van der Waals surface area contributed by atoms with Crippen molar-refractivity contribution < 1.29 is 4.39 Å². The molecule has 1 unspecified atom stereocenters. The standard InChI is InChI=1S/C13H7Br2Cl2F/c14-8-3-1-2-7(4-8)13(17)9-5-11(16)10(15)6-12(9)18/h1-6,13H. The molecule has 94 valence electrons. The minimum absolute atomic E-state index is 0.364. The first kappa shape index (κ1) is 14.3. The molecule has 0 spiro atoms. The smallest absolute Gasteiger partial charge is 0.129 e. The monoisotopic (exact) mass is 410 g/mol. The molecule has 0 bridgehead atoms. The summed E-state index contributed by atoms with van der Waals surface area (Å²) in [7, 11) is 0. The van der Waals surface area contributed by atoms with Crippen LogP contribution in [0, 0.1) is 5.82 Å². The van der Waals surface area contributed by atoms with Gasteiger partial charge in [-0.3, -0.25) is 0 Å². The Morgan fingerprint density at radius 2 is 1.83 bits per heavy atom. The van der Waals surface area contributed by atoms with Gasteiger partial charge in [0.2, 0.25) is 0 Å². The Labute approximate surface area is 131 Å². The van der Waals surface area contributed by atoms with Gasteiger partial charge in [0.25, 0.3) is 0 Å². The first-order valence-electron chi connectivity index (χ1n) is 5.03. The normalized spacial score (nSPS) is 12.5. The molecule has 2 rings (SSSR count). The fraction of sp³-hybridized carbons (Fsp3) is 0.0769. The second kappa shape index (κ2) is 5.91. The summed E-state index contributed by atoms with van der Waals surface area (Å²) in [5.74, 6) is -0.383. The number of rotatable bonds is 2. The largest absolute Gasteiger partial charge is 0.207 e. The highest BCUT2D eigenvalue weighted by Crippen LogP contribution is 2.35. The van der Waals surface area contributed by atoms with Crippen LogP contribution in [0.5, 0.6) is 0 Å². The van der Waals surface area contributed by atoms with Crippen molar-refractivity contribution in [2.75, 3.05) is 0 Å². The molecule has 0 aliphatic rings. The predicted octanol–water partition coefficient (Wildman–Crippen LogP) is 6.33. The van der Waals surface area contributed by atoms with Crippen LogP contribution in [0.2, 0.25) is 5.02 Å². The van der Waals surface area contributed by atoms with Crippen LogP contribution in [0.15, 0.2) is 45.3 Å². The number of alkyl halides is 1. The van der Waals surface area contributed by atoms with Crippen molar-refractivity contribution in [1.29, 1.82) is 0 Å². The Hall–Kier alpha value is -0.0900. The van der Waals surface area contributed by atoms with E-state index in [9.17, 15) is 4.39 Å². The summed E-state index contributed by atoms with van der Waals surface area (Å²) in [5, 5.41) is -0.139. The van der Waals surface area contributed by atoms with Gasteiger partial charge in [-0.05, 0) is 45.8 Å². The van der Waals surface area contributed by atoms with E-state index in [0.29, 0.717) is 15.1 Å². The summed E-state index contributed by atoms with van der Waals surface area (Å²) in [6.45, 7) is 0. The van der Waals surface area contributed by atoms with Gasteiger partial charge in [0.05, 0.1) is 10.4 Å². The SMILES string of the molecule is Fc1cc(Br)c(Cl)cc1C(Cl)c1cccc(Br)c1.